The van der Waals surface area contributed by atoms with Crippen LogP contribution >= 0.6 is 12.2 Å². The van der Waals surface area contributed by atoms with Crippen LogP contribution in [0.1, 0.15) is 29.5 Å². The molecule has 2 aromatic rings. The van der Waals surface area contributed by atoms with Gasteiger partial charge in [-0.2, -0.15) is 0 Å². The van der Waals surface area contributed by atoms with Gasteiger partial charge in [0.25, 0.3) is 0 Å². The maximum atomic E-state index is 11.7. The van der Waals surface area contributed by atoms with Gasteiger partial charge in [-0.1, -0.05) is 6.92 Å². The van der Waals surface area contributed by atoms with Gasteiger partial charge in [-0.15, -0.1) is 0 Å². The number of carbonyl (C=O) groups excluding carboxylic acids is 1. The Morgan fingerprint density at radius 1 is 1.27 bits per heavy atom. The van der Waals surface area contributed by atoms with Crippen LogP contribution in [0.25, 0.3) is 0 Å². The van der Waals surface area contributed by atoms with Gasteiger partial charge in [0, 0.05) is 5.69 Å². The molecule has 0 amide bonds. The van der Waals surface area contributed by atoms with Crippen molar-refractivity contribution < 1.29 is 13.9 Å². The Hall–Kier alpha value is -2.34. The summed E-state index contributed by atoms with van der Waals surface area (Å²) in [5, 5.41) is 6.56. The average molecular weight is 318 g/mol. The van der Waals surface area contributed by atoms with E-state index in [9.17, 15) is 4.79 Å². The molecule has 0 saturated carbocycles. The van der Waals surface area contributed by atoms with Crippen molar-refractivity contribution in [2.45, 2.75) is 19.9 Å². The second kappa shape index (κ2) is 8.19. The van der Waals surface area contributed by atoms with Gasteiger partial charge in [0.15, 0.2) is 5.11 Å². The summed E-state index contributed by atoms with van der Waals surface area (Å²) in [6.45, 7) is 2.90. The maximum absolute atomic E-state index is 11.7. The van der Waals surface area contributed by atoms with Crippen molar-refractivity contribution in [2.75, 3.05) is 11.9 Å². The van der Waals surface area contributed by atoms with Gasteiger partial charge in [-0.3, -0.25) is 0 Å². The molecule has 0 radical (unpaired) electrons. The molecule has 2 rings (SSSR count). The third-order valence-corrected chi connectivity index (χ3v) is 3.07. The number of rotatable bonds is 6. The number of ether oxygens (including phenoxy) is 1. The maximum Gasteiger partial charge on any atom is 0.338 e. The van der Waals surface area contributed by atoms with E-state index < -0.39 is 0 Å². The molecule has 0 spiro atoms. The van der Waals surface area contributed by atoms with E-state index >= 15 is 0 Å². The van der Waals surface area contributed by atoms with Crippen LogP contribution in [0.15, 0.2) is 47.1 Å². The summed E-state index contributed by atoms with van der Waals surface area (Å²) in [5.74, 6) is 0.491. The number of benzene rings is 1. The number of furan rings is 1. The fourth-order valence-corrected chi connectivity index (χ4v) is 1.91. The Balaban J connectivity index is 1.82. The van der Waals surface area contributed by atoms with E-state index in [2.05, 4.69) is 10.6 Å². The second-order valence-electron chi connectivity index (χ2n) is 4.60. The Morgan fingerprint density at radius 3 is 2.68 bits per heavy atom. The van der Waals surface area contributed by atoms with Crippen molar-refractivity contribution in [3.63, 3.8) is 0 Å². The van der Waals surface area contributed by atoms with E-state index in [0.29, 0.717) is 23.8 Å². The normalized spacial score (nSPS) is 10.0. The molecule has 1 heterocycles. The van der Waals surface area contributed by atoms with Crippen LogP contribution in [-0.2, 0) is 11.3 Å². The zero-order valence-electron chi connectivity index (χ0n) is 12.3. The molecule has 22 heavy (non-hydrogen) atoms. The van der Waals surface area contributed by atoms with Crippen LogP contribution < -0.4 is 10.6 Å². The lowest BCUT2D eigenvalue weighted by atomic mass is 10.2. The smallest absolute Gasteiger partial charge is 0.338 e. The molecule has 0 atom stereocenters. The summed E-state index contributed by atoms with van der Waals surface area (Å²) >= 11 is 5.20. The topological polar surface area (TPSA) is 63.5 Å². The summed E-state index contributed by atoms with van der Waals surface area (Å²) < 4.78 is 10.3. The van der Waals surface area contributed by atoms with Crippen molar-refractivity contribution in [3.05, 3.63) is 54.0 Å². The SMILES string of the molecule is CCCOC(=O)c1ccc(NC(=S)NCc2ccco2)cc1. The van der Waals surface area contributed by atoms with Crippen LogP contribution in [0.5, 0.6) is 0 Å². The first-order valence-electron chi connectivity index (χ1n) is 7.03. The lowest BCUT2D eigenvalue weighted by Crippen LogP contribution is -2.27. The third-order valence-electron chi connectivity index (χ3n) is 2.82. The molecule has 6 heteroatoms. The molecule has 116 valence electrons. The van der Waals surface area contributed by atoms with Crippen molar-refractivity contribution in [3.8, 4) is 0 Å². The van der Waals surface area contributed by atoms with Crippen molar-refractivity contribution in [1.29, 1.82) is 0 Å². The Morgan fingerprint density at radius 2 is 2.05 bits per heavy atom. The van der Waals surface area contributed by atoms with Crippen LogP contribution in [0.2, 0.25) is 0 Å². The number of anilines is 1. The van der Waals surface area contributed by atoms with Crippen LogP contribution in [0, 0.1) is 0 Å². The molecule has 0 aliphatic carbocycles. The number of thiocarbonyl (C=S) groups is 1. The van der Waals surface area contributed by atoms with Crippen LogP contribution in [0.3, 0.4) is 0 Å². The zero-order chi connectivity index (χ0) is 15.8. The van der Waals surface area contributed by atoms with Gasteiger partial charge >= 0.3 is 5.97 Å². The molecule has 1 aromatic carbocycles. The summed E-state index contributed by atoms with van der Waals surface area (Å²) in [6, 6.07) is 10.7. The monoisotopic (exact) mass is 318 g/mol. The van der Waals surface area contributed by atoms with Gasteiger partial charge in [-0.05, 0) is 55.0 Å². The number of hydrogen-bond donors (Lipinski definition) is 2. The number of nitrogens with one attached hydrogen (secondary N) is 2. The van der Waals surface area contributed by atoms with Crippen molar-refractivity contribution >= 4 is 29.0 Å². The zero-order valence-corrected chi connectivity index (χ0v) is 13.1. The number of hydrogen-bond acceptors (Lipinski definition) is 4. The summed E-state index contributed by atoms with van der Waals surface area (Å²) in [7, 11) is 0. The lowest BCUT2D eigenvalue weighted by Gasteiger charge is -2.10. The molecule has 0 bridgehead atoms. The van der Waals surface area contributed by atoms with Gasteiger partial charge < -0.3 is 19.8 Å². The molecule has 0 unspecified atom stereocenters. The Kier molecular flexibility index (Phi) is 5.97. The molecule has 2 N–H and O–H groups in total. The summed E-state index contributed by atoms with van der Waals surface area (Å²) in [4.78, 5) is 11.7. The molecule has 0 fully saturated rings. The second-order valence-corrected chi connectivity index (χ2v) is 5.01. The van der Waals surface area contributed by atoms with E-state index in [1.165, 1.54) is 0 Å². The molecular weight excluding hydrogens is 300 g/mol. The quantitative estimate of drug-likeness (QED) is 0.629. The van der Waals surface area contributed by atoms with Gasteiger partial charge in [0.1, 0.15) is 5.76 Å². The highest BCUT2D eigenvalue weighted by atomic mass is 32.1. The predicted molar refractivity (Wildman–Crippen MR) is 88.8 cm³/mol. The molecule has 0 saturated heterocycles. The predicted octanol–water partition coefficient (Wildman–Crippen LogP) is 3.33. The van der Waals surface area contributed by atoms with Crippen molar-refractivity contribution in [1.82, 2.24) is 5.32 Å². The third kappa shape index (κ3) is 4.89. The first kappa shape index (κ1) is 16.0. The summed E-state index contributed by atoms with van der Waals surface area (Å²) in [6.07, 6.45) is 2.42. The molecule has 5 nitrogen and oxygen atoms in total. The Bertz CT molecular complexity index is 609. The van der Waals surface area contributed by atoms with Crippen LogP contribution in [0.4, 0.5) is 5.69 Å². The van der Waals surface area contributed by atoms with E-state index in [1.54, 1.807) is 30.5 Å². The van der Waals surface area contributed by atoms with Gasteiger partial charge in [-0.25, -0.2) is 4.79 Å². The molecular formula is C16H18N2O3S. The standard InChI is InChI=1S/C16H18N2O3S/c1-2-9-21-15(19)12-5-7-13(8-6-12)18-16(22)17-11-14-4-3-10-20-14/h3-8,10H,2,9,11H2,1H3,(H2,17,18,22). The first-order valence-corrected chi connectivity index (χ1v) is 7.44. The van der Waals surface area contributed by atoms with Crippen molar-refractivity contribution in [2.24, 2.45) is 0 Å². The van der Waals surface area contributed by atoms with E-state index in [4.69, 9.17) is 21.4 Å². The fourth-order valence-electron chi connectivity index (χ4n) is 1.72. The van der Waals surface area contributed by atoms with E-state index in [-0.39, 0.29) is 5.97 Å². The van der Waals surface area contributed by atoms with E-state index in [0.717, 1.165) is 17.9 Å². The highest BCUT2D eigenvalue weighted by Gasteiger charge is 2.06. The lowest BCUT2D eigenvalue weighted by molar-refractivity contribution is 0.0505. The summed E-state index contributed by atoms with van der Waals surface area (Å²) in [5.41, 5.74) is 1.32. The number of esters is 1. The first-order chi connectivity index (χ1) is 10.7. The fraction of sp³-hybridized carbons (Fsp3) is 0.250. The minimum atomic E-state index is -0.313. The highest BCUT2D eigenvalue weighted by Crippen LogP contribution is 2.11. The molecule has 1 aromatic heterocycles. The average Bonchev–Trinajstić information content (AvgIpc) is 3.05. The molecule has 0 aliphatic heterocycles. The van der Waals surface area contributed by atoms with Crippen LogP contribution in [-0.4, -0.2) is 17.7 Å². The Labute approximate surface area is 134 Å². The highest BCUT2D eigenvalue weighted by molar-refractivity contribution is 7.80. The largest absolute Gasteiger partial charge is 0.467 e. The van der Waals surface area contributed by atoms with Gasteiger partial charge in [0.05, 0.1) is 25.0 Å². The van der Waals surface area contributed by atoms with E-state index in [1.807, 2.05) is 19.1 Å². The van der Waals surface area contributed by atoms with Gasteiger partial charge in [0.2, 0.25) is 0 Å². The molecule has 0 aliphatic rings. The minimum Gasteiger partial charge on any atom is -0.467 e. The minimum absolute atomic E-state index is 0.313. The number of carbonyl (C=O) groups is 1.